The van der Waals surface area contributed by atoms with Gasteiger partial charge in [-0.2, -0.15) is 0 Å². The average molecular weight is 562 g/mol. The number of hydrogen-bond donors (Lipinski definition) is 0. The van der Waals surface area contributed by atoms with Gasteiger partial charge in [-0.15, -0.1) is 0 Å². The fourth-order valence-corrected chi connectivity index (χ4v) is 6.39. The Labute approximate surface area is 259 Å². The van der Waals surface area contributed by atoms with Crippen LogP contribution in [0.3, 0.4) is 0 Å². The van der Waals surface area contributed by atoms with Crippen molar-refractivity contribution in [2.24, 2.45) is 0 Å². The van der Waals surface area contributed by atoms with Gasteiger partial charge in [0.25, 0.3) is 0 Å². The van der Waals surface area contributed by atoms with Crippen LogP contribution in [0.4, 0.5) is 17.1 Å². The van der Waals surface area contributed by atoms with Gasteiger partial charge in [0.2, 0.25) is 0 Å². The third kappa shape index (κ3) is 4.69. The molecule has 0 unspecified atom stereocenters. The summed E-state index contributed by atoms with van der Waals surface area (Å²) in [6, 6.07) is 57.2. The second-order valence-corrected chi connectivity index (χ2v) is 11.5. The first-order valence-corrected chi connectivity index (χ1v) is 15.2. The fraction of sp³-hybridized carbons (Fsp3) is 0.0233. The van der Waals surface area contributed by atoms with Crippen LogP contribution in [0, 0.1) is 6.92 Å². The van der Waals surface area contributed by atoms with Crippen molar-refractivity contribution in [2.45, 2.75) is 6.92 Å². The quantitative estimate of drug-likeness (QED) is 0.195. The molecule has 44 heavy (non-hydrogen) atoms. The lowest BCUT2D eigenvalue weighted by Gasteiger charge is -2.26. The Morgan fingerprint density at radius 2 is 0.841 bits per heavy atom. The number of hydrogen-bond acceptors (Lipinski definition) is 1. The Bertz CT molecular complexity index is 2110. The van der Waals surface area contributed by atoms with Crippen LogP contribution < -0.4 is 4.90 Å². The van der Waals surface area contributed by atoms with E-state index in [2.05, 4.69) is 182 Å². The molecular weight excluding hydrogens is 530 g/mol. The maximum absolute atomic E-state index is 2.34. The molecule has 7 aromatic carbocycles. The Hall–Kier alpha value is -5.66. The van der Waals surface area contributed by atoms with Crippen LogP contribution >= 0.6 is 0 Å². The molecule has 1 aliphatic rings. The molecule has 7 aromatic rings. The van der Waals surface area contributed by atoms with E-state index in [1.165, 1.54) is 60.8 Å². The molecule has 0 atom stereocenters. The molecule has 0 saturated heterocycles. The summed E-state index contributed by atoms with van der Waals surface area (Å²) in [4.78, 5) is 2.34. The number of nitrogens with zero attached hydrogens (tertiary/aromatic N) is 1. The van der Waals surface area contributed by atoms with Crippen molar-refractivity contribution in [1.82, 2.24) is 0 Å². The summed E-state index contributed by atoms with van der Waals surface area (Å²) < 4.78 is 0. The predicted molar refractivity (Wildman–Crippen MR) is 189 cm³/mol. The summed E-state index contributed by atoms with van der Waals surface area (Å²) in [6.07, 6.45) is 4.44. The summed E-state index contributed by atoms with van der Waals surface area (Å²) in [7, 11) is 0. The minimum Gasteiger partial charge on any atom is -0.311 e. The zero-order valence-electron chi connectivity index (χ0n) is 24.6. The molecule has 1 nitrogen and oxygen atoms in total. The molecule has 208 valence electrons. The first-order valence-electron chi connectivity index (χ1n) is 15.2. The standard InChI is InChI=1S/C43H31N/c1-30-10-12-32(13-11-30)34-18-25-39(26-19-34)44(38-23-16-33(17-24-38)31-6-3-2-4-7-31)40-27-20-35(21-28-40)41-29-22-37-15-14-36-8-5-9-42(41)43(36)37/h2-29H,1H3. The van der Waals surface area contributed by atoms with Crippen LogP contribution in [-0.2, 0) is 0 Å². The minimum atomic E-state index is 1.12. The molecule has 0 fully saturated rings. The lowest BCUT2D eigenvalue weighted by atomic mass is 9.94. The molecule has 0 radical (unpaired) electrons. The van der Waals surface area contributed by atoms with Gasteiger partial charge in [-0.3, -0.25) is 0 Å². The van der Waals surface area contributed by atoms with Crippen LogP contribution in [0.5, 0.6) is 0 Å². The summed E-state index contributed by atoms with van der Waals surface area (Å²) in [5, 5.41) is 2.65. The van der Waals surface area contributed by atoms with Gasteiger partial charge >= 0.3 is 0 Å². The van der Waals surface area contributed by atoms with Crippen LogP contribution in [-0.4, -0.2) is 0 Å². The van der Waals surface area contributed by atoms with Crippen molar-refractivity contribution in [1.29, 1.82) is 0 Å². The molecule has 0 saturated carbocycles. The van der Waals surface area contributed by atoms with E-state index in [0.29, 0.717) is 0 Å². The second-order valence-electron chi connectivity index (χ2n) is 11.5. The van der Waals surface area contributed by atoms with E-state index in [9.17, 15) is 0 Å². The molecule has 8 rings (SSSR count). The van der Waals surface area contributed by atoms with Crippen LogP contribution in [0.1, 0.15) is 16.7 Å². The van der Waals surface area contributed by atoms with Gasteiger partial charge in [0.05, 0.1) is 0 Å². The van der Waals surface area contributed by atoms with Crippen molar-refractivity contribution < 1.29 is 0 Å². The summed E-state index contributed by atoms with van der Waals surface area (Å²) in [5.41, 5.74) is 14.6. The fourth-order valence-electron chi connectivity index (χ4n) is 6.39. The third-order valence-corrected chi connectivity index (χ3v) is 8.73. The van der Waals surface area contributed by atoms with E-state index >= 15 is 0 Å². The maximum atomic E-state index is 2.34. The highest BCUT2D eigenvalue weighted by Gasteiger charge is 2.16. The molecular formula is C43H31N. The lowest BCUT2D eigenvalue weighted by molar-refractivity contribution is 1.28. The van der Waals surface area contributed by atoms with Crippen LogP contribution in [0.2, 0.25) is 0 Å². The van der Waals surface area contributed by atoms with Crippen molar-refractivity contribution in [2.75, 3.05) is 4.90 Å². The first kappa shape index (κ1) is 26.0. The van der Waals surface area contributed by atoms with Gasteiger partial charge in [0.1, 0.15) is 0 Å². The zero-order chi connectivity index (χ0) is 29.5. The minimum absolute atomic E-state index is 1.12. The molecule has 0 aromatic heterocycles. The van der Waals surface area contributed by atoms with E-state index in [4.69, 9.17) is 0 Å². The Balaban J connectivity index is 1.19. The topological polar surface area (TPSA) is 3.24 Å². The van der Waals surface area contributed by atoms with Gasteiger partial charge < -0.3 is 4.90 Å². The Morgan fingerprint density at radius 1 is 0.364 bits per heavy atom. The first-order chi connectivity index (χ1) is 21.7. The van der Waals surface area contributed by atoms with E-state index in [0.717, 1.165) is 17.1 Å². The highest BCUT2D eigenvalue weighted by Crippen LogP contribution is 2.40. The number of rotatable bonds is 6. The van der Waals surface area contributed by atoms with Gasteiger partial charge in [0, 0.05) is 17.1 Å². The molecule has 0 spiro atoms. The van der Waals surface area contributed by atoms with Crippen molar-refractivity contribution in [3.8, 4) is 33.4 Å². The van der Waals surface area contributed by atoms with Gasteiger partial charge in [-0.25, -0.2) is 0 Å². The third-order valence-electron chi connectivity index (χ3n) is 8.73. The van der Waals surface area contributed by atoms with Gasteiger partial charge in [0.15, 0.2) is 0 Å². The summed E-state index contributed by atoms with van der Waals surface area (Å²) in [6.45, 7) is 2.13. The number of benzene rings is 7. The highest BCUT2D eigenvalue weighted by molar-refractivity contribution is 6.10. The SMILES string of the molecule is Cc1ccc(-c2ccc(N(c3ccc(-c4ccccc4)cc3)c3ccc(-c4ccc5c6c(cccc46)C=C5)cc3)cc2)cc1. The monoisotopic (exact) mass is 561 g/mol. The van der Waals surface area contributed by atoms with Crippen LogP contribution in [0.15, 0.2) is 158 Å². The molecule has 0 heterocycles. The van der Waals surface area contributed by atoms with E-state index in [1.807, 2.05) is 0 Å². The highest BCUT2D eigenvalue weighted by atomic mass is 15.1. The number of anilines is 3. The van der Waals surface area contributed by atoms with Crippen molar-refractivity contribution in [3.63, 3.8) is 0 Å². The zero-order valence-corrected chi connectivity index (χ0v) is 24.6. The maximum Gasteiger partial charge on any atom is 0.0462 e. The summed E-state index contributed by atoms with van der Waals surface area (Å²) in [5.74, 6) is 0. The summed E-state index contributed by atoms with van der Waals surface area (Å²) >= 11 is 0. The Morgan fingerprint density at radius 3 is 1.41 bits per heavy atom. The van der Waals surface area contributed by atoms with Crippen molar-refractivity contribution in [3.05, 3.63) is 174 Å². The predicted octanol–water partition coefficient (Wildman–Crippen LogP) is 12.1. The average Bonchev–Trinajstić information content (AvgIpc) is 3.52. The smallest absolute Gasteiger partial charge is 0.0462 e. The molecule has 1 aliphatic carbocycles. The van der Waals surface area contributed by atoms with E-state index < -0.39 is 0 Å². The van der Waals surface area contributed by atoms with Gasteiger partial charge in [-0.1, -0.05) is 139 Å². The molecule has 0 amide bonds. The lowest BCUT2D eigenvalue weighted by Crippen LogP contribution is -2.09. The van der Waals surface area contributed by atoms with Crippen molar-refractivity contribution >= 4 is 40.0 Å². The van der Waals surface area contributed by atoms with Crippen LogP contribution in [0.25, 0.3) is 56.3 Å². The largest absolute Gasteiger partial charge is 0.311 e. The molecule has 0 N–H and O–H groups in total. The second kappa shape index (κ2) is 10.9. The molecule has 1 heteroatoms. The Kier molecular flexibility index (Phi) is 6.43. The van der Waals surface area contributed by atoms with E-state index in [-0.39, 0.29) is 0 Å². The molecule has 0 aliphatic heterocycles. The molecule has 0 bridgehead atoms. The van der Waals surface area contributed by atoms with Gasteiger partial charge in [-0.05, 0) is 98.6 Å². The van der Waals surface area contributed by atoms with E-state index in [1.54, 1.807) is 0 Å². The number of aryl methyl sites for hydroxylation is 1. The normalized spacial score (nSPS) is 11.7.